The lowest BCUT2D eigenvalue weighted by Gasteiger charge is -2.30. The number of carbonyl (C=O) groups is 2. The molecule has 0 spiro atoms. The third kappa shape index (κ3) is 5.43. The molecule has 0 saturated carbocycles. The highest BCUT2D eigenvalue weighted by molar-refractivity contribution is 6.42. The molecular formula is C32H32Cl2FNO5. The molecule has 6 nitrogen and oxygen atoms in total. The fourth-order valence-corrected chi connectivity index (χ4v) is 6.14. The Morgan fingerprint density at radius 1 is 1.07 bits per heavy atom. The molecule has 2 heterocycles. The average molecular weight is 601 g/mol. The Bertz CT molecular complexity index is 1580. The van der Waals surface area contributed by atoms with Gasteiger partial charge in [-0.05, 0) is 112 Å². The molecule has 1 atom stereocenters. The van der Waals surface area contributed by atoms with Crippen LogP contribution in [0.5, 0.6) is 5.75 Å². The van der Waals surface area contributed by atoms with E-state index in [9.17, 15) is 14.7 Å². The maximum atomic E-state index is 15.5. The number of carbonyl (C=O) groups excluding carboxylic acids is 1. The first-order valence-electron chi connectivity index (χ1n) is 13.6. The Hall–Kier alpha value is -3.13. The second kappa shape index (κ2) is 10.9. The van der Waals surface area contributed by atoms with Gasteiger partial charge in [0.1, 0.15) is 0 Å². The lowest BCUT2D eigenvalue weighted by molar-refractivity contribution is -0.160. The van der Waals surface area contributed by atoms with Crippen molar-refractivity contribution in [3.8, 4) is 16.9 Å². The number of fused-ring (bicyclic) bond motifs is 2. The number of carboxylic acid groups (broad SMARTS) is 1. The van der Waals surface area contributed by atoms with E-state index < -0.39 is 23.5 Å². The summed E-state index contributed by atoms with van der Waals surface area (Å²) >= 11 is 12.3. The Kier molecular flexibility index (Phi) is 7.83. The number of benzene rings is 3. The van der Waals surface area contributed by atoms with Gasteiger partial charge in [0.25, 0.3) is 5.91 Å². The van der Waals surface area contributed by atoms with Gasteiger partial charge in [0.15, 0.2) is 17.7 Å². The zero-order chi connectivity index (χ0) is 29.8. The highest BCUT2D eigenvalue weighted by atomic mass is 35.5. The number of nitrogens with zero attached hydrogens (tertiary/aromatic N) is 1. The van der Waals surface area contributed by atoms with Crippen LogP contribution in [0.3, 0.4) is 0 Å². The molecular weight excluding hydrogens is 568 g/mol. The van der Waals surface area contributed by atoms with Crippen LogP contribution in [0.2, 0.25) is 10.0 Å². The SMILES string of the molecule is Cc1cc2c(c(-c3cc(F)c4c(c3C)CCCO4)c1C(OC(C)(C)C)C(=O)O)CCN2C(=O)c1ccc(Cl)c(Cl)c1. The van der Waals surface area contributed by atoms with Crippen LogP contribution in [0.15, 0.2) is 30.3 Å². The molecule has 2 aliphatic rings. The van der Waals surface area contributed by atoms with Crippen molar-refractivity contribution in [2.45, 2.75) is 65.6 Å². The van der Waals surface area contributed by atoms with E-state index in [0.29, 0.717) is 64.5 Å². The summed E-state index contributed by atoms with van der Waals surface area (Å²) in [7, 11) is 0. The van der Waals surface area contributed by atoms with Crippen molar-refractivity contribution < 1.29 is 28.6 Å². The van der Waals surface area contributed by atoms with E-state index in [0.717, 1.165) is 23.1 Å². The monoisotopic (exact) mass is 599 g/mol. The van der Waals surface area contributed by atoms with Crippen LogP contribution >= 0.6 is 23.2 Å². The predicted octanol–water partition coefficient (Wildman–Crippen LogP) is 7.89. The molecule has 0 bridgehead atoms. The summed E-state index contributed by atoms with van der Waals surface area (Å²) < 4.78 is 27.3. The van der Waals surface area contributed by atoms with E-state index in [1.165, 1.54) is 12.1 Å². The van der Waals surface area contributed by atoms with Gasteiger partial charge in [-0.25, -0.2) is 9.18 Å². The van der Waals surface area contributed by atoms with Gasteiger partial charge >= 0.3 is 5.97 Å². The molecule has 0 aliphatic carbocycles. The van der Waals surface area contributed by atoms with E-state index in [4.69, 9.17) is 32.7 Å². The van der Waals surface area contributed by atoms with Gasteiger partial charge in [-0.1, -0.05) is 23.2 Å². The molecule has 3 aromatic carbocycles. The fraction of sp³-hybridized carbons (Fsp3) is 0.375. The highest BCUT2D eigenvalue weighted by Crippen LogP contribution is 2.48. The van der Waals surface area contributed by atoms with Gasteiger partial charge in [-0.2, -0.15) is 0 Å². The minimum Gasteiger partial charge on any atom is -0.490 e. The predicted molar refractivity (Wildman–Crippen MR) is 158 cm³/mol. The number of hydrogen-bond acceptors (Lipinski definition) is 4. The second-order valence-electron chi connectivity index (χ2n) is 11.6. The summed E-state index contributed by atoms with van der Waals surface area (Å²) in [5, 5.41) is 11.0. The molecule has 41 heavy (non-hydrogen) atoms. The lowest BCUT2D eigenvalue weighted by Crippen LogP contribution is -2.29. The van der Waals surface area contributed by atoms with Gasteiger partial charge < -0.3 is 19.5 Å². The maximum Gasteiger partial charge on any atom is 0.337 e. The van der Waals surface area contributed by atoms with E-state index >= 15 is 4.39 Å². The van der Waals surface area contributed by atoms with Crippen molar-refractivity contribution in [2.75, 3.05) is 18.1 Å². The van der Waals surface area contributed by atoms with Crippen molar-refractivity contribution in [3.05, 3.63) is 79.6 Å². The topological polar surface area (TPSA) is 76.1 Å². The van der Waals surface area contributed by atoms with Crippen molar-refractivity contribution in [3.63, 3.8) is 0 Å². The van der Waals surface area contributed by atoms with Crippen LogP contribution in [0, 0.1) is 19.7 Å². The standard InChI is InChI=1S/C32H32Cl2FNO5/c1-16-13-25-20(10-11-36(25)30(37)18-8-9-22(33)23(34)14-18)27(26(16)29(31(38)39)41-32(3,4)5)21-15-24(35)28-19(17(21)2)7-6-12-40-28/h8-9,13-15,29H,6-7,10-12H2,1-5H3,(H,38,39). The van der Waals surface area contributed by atoms with Crippen molar-refractivity contribution in [1.29, 1.82) is 0 Å². The molecule has 5 rings (SSSR count). The molecule has 2 aliphatic heterocycles. The largest absolute Gasteiger partial charge is 0.490 e. The molecule has 1 N–H and O–H groups in total. The van der Waals surface area contributed by atoms with Crippen molar-refractivity contribution >= 4 is 40.8 Å². The molecule has 0 saturated heterocycles. The number of ether oxygens (including phenoxy) is 2. The van der Waals surface area contributed by atoms with Crippen molar-refractivity contribution in [1.82, 2.24) is 0 Å². The lowest BCUT2D eigenvalue weighted by atomic mass is 9.83. The fourth-order valence-electron chi connectivity index (χ4n) is 5.84. The van der Waals surface area contributed by atoms with E-state index in [1.54, 1.807) is 44.7 Å². The summed E-state index contributed by atoms with van der Waals surface area (Å²) in [6, 6.07) is 7.99. The highest BCUT2D eigenvalue weighted by Gasteiger charge is 2.37. The zero-order valence-electron chi connectivity index (χ0n) is 23.7. The normalized spacial score (nSPS) is 15.3. The van der Waals surface area contributed by atoms with Crippen LogP contribution in [0.25, 0.3) is 11.1 Å². The third-order valence-electron chi connectivity index (χ3n) is 7.61. The molecule has 9 heteroatoms. The van der Waals surface area contributed by atoms with Gasteiger partial charge in [-0.15, -0.1) is 0 Å². The van der Waals surface area contributed by atoms with E-state index in [1.807, 2.05) is 13.0 Å². The second-order valence-corrected chi connectivity index (χ2v) is 12.4. The molecule has 3 aromatic rings. The number of halogens is 3. The van der Waals surface area contributed by atoms with Gasteiger partial charge in [0.2, 0.25) is 0 Å². The Morgan fingerprint density at radius 3 is 2.46 bits per heavy atom. The first kappa shape index (κ1) is 29.4. The zero-order valence-corrected chi connectivity index (χ0v) is 25.2. The number of amides is 1. The number of hydrogen-bond donors (Lipinski definition) is 1. The summed E-state index contributed by atoms with van der Waals surface area (Å²) in [6.07, 6.45) is 0.538. The average Bonchev–Trinajstić information content (AvgIpc) is 3.32. The number of aliphatic carboxylic acids is 1. The van der Waals surface area contributed by atoms with Crippen molar-refractivity contribution in [2.24, 2.45) is 0 Å². The smallest absolute Gasteiger partial charge is 0.337 e. The first-order valence-corrected chi connectivity index (χ1v) is 14.3. The summed E-state index contributed by atoms with van der Waals surface area (Å²) in [5.41, 5.74) is 4.86. The number of anilines is 1. The minimum atomic E-state index is -1.31. The molecule has 0 radical (unpaired) electrons. The summed E-state index contributed by atoms with van der Waals surface area (Å²) in [4.78, 5) is 28.1. The molecule has 216 valence electrons. The van der Waals surface area contributed by atoms with Crippen LogP contribution in [-0.4, -0.2) is 35.7 Å². The first-order chi connectivity index (χ1) is 19.3. The molecule has 1 amide bonds. The molecule has 1 unspecified atom stereocenters. The Morgan fingerprint density at radius 2 is 1.80 bits per heavy atom. The van der Waals surface area contributed by atoms with Gasteiger partial charge in [0.05, 0.1) is 22.3 Å². The van der Waals surface area contributed by atoms with Crippen LogP contribution in [-0.2, 0) is 22.4 Å². The number of aryl methyl sites for hydroxylation is 1. The summed E-state index contributed by atoms with van der Waals surface area (Å²) in [5.74, 6) is -1.65. The maximum absolute atomic E-state index is 15.5. The Labute approximate surface area is 249 Å². The van der Waals surface area contributed by atoms with Crippen LogP contribution in [0.1, 0.15) is 71.5 Å². The third-order valence-corrected chi connectivity index (χ3v) is 8.35. The number of carboxylic acids is 1. The van der Waals surface area contributed by atoms with E-state index in [-0.39, 0.29) is 16.7 Å². The van der Waals surface area contributed by atoms with E-state index in [2.05, 4.69) is 0 Å². The van der Waals surface area contributed by atoms with Gasteiger partial charge in [-0.3, -0.25) is 4.79 Å². The minimum absolute atomic E-state index is 0.250. The quantitative estimate of drug-likeness (QED) is 0.323. The molecule has 0 aromatic heterocycles. The van der Waals surface area contributed by atoms with Crippen LogP contribution in [0.4, 0.5) is 10.1 Å². The Balaban J connectivity index is 1.77. The molecule has 0 fully saturated rings. The van der Waals surface area contributed by atoms with Crippen LogP contribution < -0.4 is 9.64 Å². The summed E-state index contributed by atoms with van der Waals surface area (Å²) in [6.45, 7) is 9.90. The number of rotatable bonds is 5. The van der Waals surface area contributed by atoms with Gasteiger partial charge in [0, 0.05) is 28.9 Å².